The molecule has 0 radical (unpaired) electrons. The Labute approximate surface area is 401 Å². The molecule has 0 aromatic heterocycles. The van der Waals surface area contributed by atoms with E-state index in [0.717, 1.165) is 0 Å². The van der Waals surface area contributed by atoms with Crippen molar-refractivity contribution in [3.8, 4) is 11.1 Å². The summed E-state index contributed by atoms with van der Waals surface area (Å²) in [7, 11) is 0. The molecular weight excluding hydrogens is 802 g/mol. The van der Waals surface area contributed by atoms with Crippen LogP contribution in [0.2, 0.25) is 0 Å². The molecule has 9 aromatic carbocycles. The molecule has 0 spiro atoms. The van der Waals surface area contributed by atoms with Crippen molar-refractivity contribution in [2.75, 3.05) is 0 Å². The molecule has 0 aliphatic heterocycles. The van der Waals surface area contributed by atoms with Crippen LogP contribution in [0.1, 0.15) is 89.0 Å². The van der Waals surface area contributed by atoms with Crippen molar-refractivity contribution in [3.05, 3.63) is 247 Å². The Morgan fingerprint density at radius 3 is 1.12 bits per heavy atom. The number of benzene rings is 9. The first-order valence-electron chi connectivity index (χ1n) is 24.3. The molecule has 1 aliphatic carbocycles. The number of rotatable bonds is 8. The third-order valence-corrected chi connectivity index (χ3v) is 15.4. The second kappa shape index (κ2) is 16.9. The van der Waals surface area contributed by atoms with E-state index in [0.29, 0.717) is 0 Å². The summed E-state index contributed by atoms with van der Waals surface area (Å²) in [5.74, 6) is 0. The van der Waals surface area contributed by atoms with Gasteiger partial charge in [0.05, 0.1) is 5.41 Å². The Bertz CT molecular complexity index is 3180. The van der Waals surface area contributed by atoms with Crippen LogP contribution in [0.5, 0.6) is 0 Å². The van der Waals surface area contributed by atoms with E-state index < -0.39 is 5.41 Å². The van der Waals surface area contributed by atoms with Gasteiger partial charge in [-0.25, -0.2) is 0 Å². The number of hydrogen-bond acceptors (Lipinski definition) is 0. The Morgan fingerprint density at radius 1 is 0.313 bits per heavy atom. The van der Waals surface area contributed by atoms with Gasteiger partial charge in [-0.05, 0) is 127 Å². The first-order chi connectivity index (χ1) is 32.2. The minimum absolute atomic E-state index is 0.0399. The normalized spacial score (nSPS) is 12.6. The van der Waals surface area contributed by atoms with E-state index in [4.69, 9.17) is 0 Å². The molecule has 67 heavy (non-hydrogen) atoms. The Morgan fingerprint density at radius 2 is 0.701 bits per heavy atom. The van der Waals surface area contributed by atoms with Crippen molar-refractivity contribution >= 4 is 57.0 Å². The van der Waals surface area contributed by atoms with Gasteiger partial charge in [-0.3, -0.25) is 0 Å². The summed E-state index contributed by atoms with van der Waals surface area (Å²) in [6, 6.07) is 61.6. The van der Waals surface area contributed by atoms with Crippen LogP contribution in [-0.2, 0) is 5.41 Å². The fourth-order valence-electron chi connectivity index (χ4n) is 13.3. The highest BCUT2D eigenvalue weighted by Gasteiger charge is 2.46. The van der Waals surface area contributed by atoms with Gasteiger partial charge < -0.3 is 0 Å². The molecule has 10 rings (SSSR count). The second-order valence-corrected chi connectivity index (χ2v) is 20.3. The molecule has 0 saturated carbocycles. The second-order valence-electron chi connectivity index (χ2n) is 20.3. The molecule has 9 aromatic rings. The third-order valence-electron chi connectivity index (χ3n) is 15.4. The zero-order valence-electron chi connectivity index (χ0n) is 41.7. The monoisotopic (exact) mass is 865 g/mol. The maximum absolute atomic E-state index is 2.62. The summed E-state index contributed by atoms with van der Waals surface area (Å²) < 4.78 is 0. The fourth-order valence-corrected chi connectivity index (χ4v) is 13.3. The van der Waals surface area contributed by atoms with Crippen LogP contribution < -0.4 is 32.8 Å². The standard InChI is InChI=1S/C65H62B2/c1-39-30-43(5)61(44(6)31-39)66(62-45(7)32-40(2)33-46(62)8)53-26-27-54-55-28-29-59(67(63-47(9)34-41(3)35-48(63)10)64-49(11)36-42(4)37-50(64)12)56-24-19-25-57(60(55)56)65(58(54)38-53,51-20-15-13-16-21-51)52-22-17-14-18-23-52/h13-38H,1-12H3. The van der Waals surface area contributed by atoms with Crippen molar-refractivity contribution < 1.29 is 0 Å². The lowest BCUT2D eigenvalue weighted by atomic mass is 9.33. The lowest BCUT2D eigenvalue weighted by Crippen LogP contribution is -2.56. The minimum atomic E-state index is -0.626. The highest BCUT2D eigenvalue weighted by atomic mass is 14.5. The summed E-state index contributed by atoms with van der Waals surface area (Å²) >= 11 is 0. The summed E-state index contributed by atoms with van der Waals surface area (Å²) in [6.07, 6.45) is 0. The average Bonchev–Trinajstić information content (AvgIpc) is 3.27. The summed E-state index contributed by atoms with van der Waals surface area (Å²) in [5, 5.41) is 2.66. The maximum atomic E-state index is 2.62. The van der Waals surface area contributed by atoms with Crippen molar-refractivity contribution in [1.82, 2.24) is 0 Å². The van der Waals surface area contributed by atoms with E-state index in [2.05, 4.69) is 241 Å². The van der Waals surface area contributed by atoms with Crippen LogP contribution in [0.3, 0.4) is 0 Å². The molecule has 328 valence electrons. The smallest absolute Gasteiger partial charge is 0.0682 e. The highest BCUT2D eigenvalue weighted by Crippen LogP contribution is 2.55. The maximum Gasteiger partial charge on any atom is 0.243 e. The molecule has 0 saturated heterocycles. The Kier molecular flexibility index (Phi) is 11.2. The SMILES string of the molecule is Cc1cc(C)c(B(c2ccc3c(c2)C(c2ccccc2)(c2ccccc2)c2cccc4c(B(c5c(C)cc(C)cc5C)c5c(C)cc(C)cc5C)ccc-3c24)c2c(C)cc(C)cc2C)c(C)c1. The number of fused-ring (bicyclic) bond motifs is 2. The van der Waals surface area contributed by atoms with Crippen LogP contribution in [0, 0.1) is 83.1 Å². The third kappa shape index (κ3) is 7.15. The molecule has 0 fully saturated rings. The molecule has 2 heteroatoms. The van der Waals surface area contributed by atoms with E-state index in [-0.39, 0.29) is 13.4 Å². The Balaban J connectivity index is 1.35. The van der Waals surface area contributed by atoms with Gasteiger partial charge in [0.2, 0.25) is 13.4 Å². The predicted molar refractivity (Wildman–Crippen MR) is 293 cm³/mol. The highest BCUT2D eigenvalue weighted by molar-refractivity contribution is 6.98. The zero-order chi connectivity index (χ0) is 47.1. The van der Waals surface area contributed by atoms with Crippen molar-refractivity contribution in [3.63, 3.8) is 0 Å². The van der Waals surface area contributed by atoms with Gasteiger partial charge in [-0.15, -0.1) is 0 Å². The van der Waals surface area contributed by atoms with E-state index >= 15 is 0 Å². The van der Waals surface area contributed by atoms with Gasteiger partial charge in [0.1, 0.15) is 0 Å². The minimum Gasteiger partial charge on any atom is -0.0682 e. The summed E-state index contributed by atoms with van der Waals surface area (Å²) in [6.45, 7) is 27.6. The largest absolute Gasteiger partial charge is 0.243 e. The first-order valence-corrected chi connectivity index (χ1v) is 24.3. The first kappa shape index (κ1) is 44.2. The van der Waals surface area contributed by atoms with Gasteiger partial charge in [0.15, 0.2) is 0 Å². The van der Waals surface area contributed by atoms with E-state index in [1.54, 1.807) is 0 Å². The van der Waals surface area contributed by atoms with Crippen LogP contribution >= 0.6 is 0 Å². The van der Waals surface area contributed by atoms with Crippen LogP contribution in [0.25, 0.3) is 21.9 Å². The lowest BCUT2D eigenvalue weighted by Gasteiger charge is -2.43. The topological polar surface area (TPSA) is 0 Å². The van der Waals surface area contributed by atoms with E-state index in [9.17, 15) is 0 Å². The van der Waals surface area contributed by atoms with E-state index in [1.165, 1.54) is 144 Å². The van der Waals surface area contributed by atoms with Crippen molar-refractivity contribution in [1.29, 1.82) is 0 Å². The summed E-state index contributed by atoms with van der Waals surface area (Å²) in [4.78, 5) is 0. The quantitative estimate of drug-likeness (QED) is 0.134. The molecule has 0 atom stereocenters. The van der Waals surface area contributed by atoms with Gasteiger partial charge >= 0.3 is 0 Å². The molecule has 1 aliphatic rings. The summed E-state index contributed by atoms with van der Waals surface area (Å²) in [5.41, 5.74) is 31.5. The molecule has 0 unspecified atom stereocenters. The number of aryl methyl sites for hydroxylation is 12. The molecule has 0 N–H and O–H groups in total. The van der Waals surface area contributed by atoms with Gasteiger partial charge in [-0.2, -0.15) is 0 Å². The molecule has 0 bridgehead atoms. The molecule has 0 nitrogen and oxygen atoms in total. The van der Waals surface area contributed by atoms with E-state index in [1.807, 2.05) is 0 Å². The van der Waals surface area contributed by atoms with Gasteiger partial charge in [-0.1, -0.05) is 257 Å². The predicted octanol–water partition coefficient (Wildman–Crippen LogP) is 11.9. The zero-order valence-corrected chi connectivity index (χ0v) is 41.7. The molecular formula is C65H62B2. The van der Waals surface area contributed by atoms with Crippen LogP contribution in [-0.4, -0.2) is 13.4 Å². The van der Waals surface area contributed by atoms with Crippen LogP contribution in [0.4, 0.5) is 0 Å². The Hall–Kier alpha value is -6.63. The van der Waals surface area contributed by atoms with Crippen LogP contribution in [0.15, 0.2) is 158 Å². The molecule has 0 amide bonds. The molecule has 0 heterocycles. The van der Waals surface area contributed by atoms with Crippen molar-refractivity contribution in [2.24, 2.45) is 0 Å². The number of hydrogen-bond donors (Lipinski definition) is 0. The van der Waals surface area contributed by atoms with Gasteiger partial charge in [0.25, 0.3) is 0 Å². The average molecular weight is 865 g/mol. The van der Waals surface area contributed by atoms with Crippen molar-refractivity contribution in [2.45, 2.75) is 88.5 Å². The van der Waals surface area contributed by atoms with Gasteiger partial charge in [0, 0.05) is 0 Å². The lowest BCUT2D eigenvalue weighted by molar-refractivity contribution is 0.750. The fraction of sp³-hybridized carbons (Fsp3) is 0.200.